The van der Waals surface area contributed by atoms with Crippen LogP contribution in [-0.2, 0) is 0 Å². The van der Waals surface area contributed by atoms with Crippen molar-refractivity contribution < 1.29 is 0 Å². The second kappa shape index (κ2) is 20.3. The summed E-state index contributed by atoms with van der Waals surface area (Å²) in [6.45, 7) is 9.29. The molecule has 1 heterocycles. The summed E-state index contributed by atoms with van der Waals surface area (Å²) < 4.78 is 0. The van der Waals surface area contributed by atoms with Gasteiger partial charge in [0.05, 0.1) is 0 Å². The van der Waals surface area contributed by atoms with Gasteiger partial charge in [0.25, 0.3) is 0 Å². The van der Waals surface area contributed by atoms with Crippen LogP contribution >= 0.6 is 0 Å². The zero-order valence-corrected chi connectivity index (χ0v) is 21.2. The largest absolute Gasteiger partial charge is 0.356 e. The summed E-state index contributed by atoms with van der Waals surface area (Å²) in [5.41, 5.74) is 0. The lowest BCUT2D eigenvalue weighted by atomic mass is 10.0. The van der Waals surface area contributed by atoms with Crippen molar-refractivity contribution in [2.45, 2.75) is 155 Å². The Labute approximate surface area is 190 Å². The summed E-state index contributed by atoms with van der Waals surface area (Å²) >= 11 is 0. The molecule has 2 nitrogen and oxygen atoms in total. The van der Waals surface area contributed by atoms with Gasteiger partial charge in [0.15, 0.2) is 0 Å². The number of hydrogen-bond donors (Lipinski definition) is 0. The number of rotatable bonds is 22. The van der Waals surface area contributed by atoms with Crippen molar-refractivity contribution in [2.24, 2.45) is 0 Å². The maximum absolute atomic E-state index is 2.61. The maximum Gasteiger partial charge on any atom is 0.101 e. The second-order valence-electron chi connectivity index (χ2n) is 9.65. The highest BCUT2D eigenvalue weighted by Crippen LogP contribution is 2.22. The minimum absolute atomic E-state index is 0.638. The van der Waals surface area contributed by atoms with E-state index in [0.29, 0.717) is 6.17 Å². The van der Waals surface area contributed by atoms with Crippen molar-refractivity contribution in [1.82, 2.24) is 9.80 Å². The van der Waals surface area contributed by atoms with Gasteiger partial charge in [-0.05, 0) is 26.2 Å². The lowest BCUT2D eigenvalue weighted by molar-refractivity contribution is 0.142. The molecule has 30 heavy (non-hydrogen) atoms. The fourth-order valence-corrected chi connectivity index (χ4v) is 4.85. The van der Waals surface area contributed by atoms with Crippen molar-refractivity contribution in [2.75, 3.05) is 13.1 Å². The van der Waals surface area contributed by atoms with E-state index in [-0.39, 0.29) is 0 Å². The summed E-state index contributed by atoms with van der Waals surface area (Å²) in [4.78, 5) is 5.16. The summed E-state index contributed by atoms with van der Waals surface area (Å²) in [6, 6.07) is 0. The molecule has 0 aromatic carbocycles. The molecule has 0 radical (unpaired) electrons. The predicted octanol–water partition coefficient (Wildman–Crippen LogP) is 9.26. The first-order valence-electron chi connectivity index (χ1n) is 14.0. The first-order valence-corrected chi connectivity index (χ1v) is 14.0. The Kier molecular flexibility index (Phi) is 18.5. The van der Waals surface area contributed by atoms with Gasteiger partial charge in [-0.25, -0.2) is 0 Å². The fraction of sp³-hybridized carbons (Fsp3) is 0.929. The van der Waals surface area contributed by atoms with E-state index in [0.717, 1.165) is 6.54 Å². The van der Waals surface area contributed by atoms with Crippen LogP contribution in [0.2, 0.25) is 0 Å². The van der Waals surface area contributed by atoms with E-state index < -0.39 is 0 Å². The van der Waals surface area contributed by atoms with E-state index in [9.17, 15) is 0 Å². The summed E-state index contributed by atoms with van der Waals surface area (Å²) in [5, 5.41) is 0. The van der Waals surface area contributed by atoms with Gasteiger partial charge in [0, 0.05) is 25.5 Å². The lowest BCUT2D eigenvalue weighted by Gasteiger charge is -2.32. The predicted molar refractivity (Wildman–Crippen MR) is 136 cm³/mol. The molecule has 178 valence electrons. The van der Waals surface area contributed by atoms with Crippen molar-refractivity contribution in [3.05, 3.63) is 12.4 Å². The molecule has 0 N–H and O–H groups in total. The van der Waals surface area contributed by atoms with Gasteiger partial charge in [-0.15, -0.1) is 0 Å². The van der Waals surface area contributed by atoms with Crippen LogP contribution in [0.4, 0.5) is 0 Å². The number of nitrogens with zero attached hydrogens (tertiary/aromatic N) is 2. The average Bonchev–Trinajstić information content (AvgIpc) is 3.15. The zero-order chi connectivity index (χ0) is 21.7. The molecule has 1 rings (SSSR count). The van der Waals surface area contributed by atoms with Gasteiger partial charge in [0.1, 0.15) is 6.17 Å². The molecule has 2 heteroatoms. The second-order valence-corrected chi connectivity index (χ2v) is 9.65. The molecule has 1 aliphatic heterocycles. The maximum atomic E-state index is 2.61. The topological polar surface area (TPSA) is 6.48 Å². The van der Waals surface area contributed by atoms with Gasteiger partial charge in [-0.2, -0.15) is 0 Å². The van der Waals surface area contributed by atoms with Crippen molar-refractivity contribution in [3.8, 4) is 0 Å². The molecule has 1 unspecified atom stereocenters. The quantitative estimate of drug-likeness (QED) is 0.161. The van der Waals surface area contributed by atoms with Gasteiger partial charge in [0.2, 0.25) is 0 Å². The van der Waals surface area contributed by atoms with Gasteiger partial charge >= 0.3 is 0 Å². The Hall–Kier alpha value is -0.660. The minimum atomic E-state index is 0.638. The van der Waals surface area contributed by atoms with Crippen molar-refractivity contribution >= 4 is 0 Å². The monoisotopic (exact) mass is 420 g/mol. The van der Waals surface area contributed by atoms with E-state index in [1.165, 1.54) is 135 Å². The highest BCUT2D eigenvalue weighted by atomic mass is 15.4. The first-order chi connectivity index (χ1) is 14.8. The molecule has 0 aromatic heterocycles. The molecule has 1 atom stereocenters. The van der Waals surface area contributed by atoms with Crippen LogP contribution in [0.15, 0.2) is 12.4 Å². The molecular weight excluding hydrogens is 364 g/mol. The van der Waals surface area contributed by atoms with Crippen molar-refractivity contribution in [1.29, 1.82) is 0 Å². The Morgan fingerprint density at radius 1 is 0.467 bits per heavy atom. The molecule has 0 bridgehead atoms. The SMILES string of the molecule is CCCCCCCCCCCCCCCCCC1N(CC)C=CN1CCCCCC. The standard InChI is InChI=1S/C28H56N2/c1-4-7-9-11-12-13-14-15-16-17-18-19-20-21-22-24-28-29(6-3)26-27-30(28)25-23-10-8-5-2/h26-28H,4-25H2,1-3H3. The Bertz CT molecular complexity index is 379. The van der Waals surface area contributed by atoms with E-state index in [1.807, 2.05) is 0 Å². The molecule has 0 amide bonds. The van der Waals surface area contributed by atoms with Crippen LogP contribution in [0.1, 0.15) is 149 Å². The molecular formula is C28H56N2. The van der Waals surface area contributed by atoms with Crippen LogP contribution in [0.5, 0.6) is 0 Å². The van der Waals surface area contributed by atoms with E-state index in [2.05, 4.69) is 43.0 Å². The lowest BCUT2D eigenvalue weighted by Crippen LogP contribution is -2.38. The molecule has 0 fully saturated rings. The molecule has 0 aromatic rings. The normalized spacial score (nSPS) is 16.2. The van der Waals surface area contributed by atoms with Crippen LogP contribution in [0.25, 0.3) is 0 Å². The highest BCUT2D eigenvalue weighted by molar-refractivity contribution is 4.96. The van der Waals surface area contributed by atoms with Crippen LogP contribution in [-0.4, -0.2) is 29.1 Å². The highest BCUT2D eigenvalue weighted by Gasteiger charge is 2.23. The van der Waals surface area contributed by atoms with E-state index in [4.69, 9.17) is 0 Å². The van der Waals surface area contributed by atoms with E-state index in [1.54, 1.807) is 0 Å². The van der Waals surface area contributed by atoms with Gasteiger partial charge in [-0.3, -0.25) is 0 Å². The third kappa shape index (κ3) is 13.6. The number of unbranched alkanes of at least 4 members (excludes halogenated alkanes) is 17. The Morgan fingerprint density at radius 2 is 0.867 bits per heavy atom. The third-order valence-corrected chi connectivity index (χ3v) is 6.92. The smallest absolute Gasteiger partial charge is 0.101 e. The zero-order valence-electron chi connectivity index (χ0n) is 21.2. The fourth-order valence-electron chi connectivity index (χ4n) is 4.85. The summed E-state index contributed by atoms with van der Waals surface area (Å²) in [6.07, 6.45) is 33.9. The van der Waals surface area contributed by atoms with Gasteiger partial charge < -0.3 is 9.80 Å². The Balaban J connectivity index is 1.93. The molecule has 1 aliphatic rings. The minimum Gasteiger partial charge on any atom is -0.356 e. The Morgan fingerprint density at radius 3 is 1.33 bits per heavy atom. The van der Waals surface area contributed by atoms with E-state index >= 15 is 0 Å². The van der Waals surface area contributed by atoms with Crippen molar-refractivity contribution in [3.63, 3.8) is 0 Å². The molecule has 0 saturated heterocycles. The first kappa shape index (κ1) is 27.4. The van der Waals surface area contributed by atoms with Crippen LogP contribution in [0.3, 0.4) is 0 Å². The van der Waals surface area contributed by atoms with Crippen LogP contribution in [0, 0.1) is 0 Å². The average molecular weight is 421 g/mol. The molecule has 0 spiro atoms. The molecule has 0 aliphatic carbocycles. The summed E-state index contributed by atoms with van der Waals surface area (Å²) in [5.74, 6) is 0. The van der Waals surface area contributed by atoms with Crippen LogP contribution < -0.4 is 0 Å². The number of hydrogen-bond acceptors (Lipinski definition) is 2. The third-order valence-electron chi connectivity index (χ3n) is 6.92. The molecule has 0 saturated carbocycles. The van der Waals surface area contributed by atoms with Gasteiger partial charge in [-0.1, -0.05) is 123 Å². The summed E-state index contributed by atoms with van der Waals surface area (Å²) in [7, 11) is 0.